The van der Waals surface area contributed by atoms with Gasteiger partial charge in [-0.05, 0) is 49.4 Å². The molecular formula is C19H15FN2O2S. The summed E-state index contributed by atoms with van der Waals surface area (Å²) in [7, 11) is 0. The molecule has 3 aromatic rings. The van der Waals surface area contributed by atoms with Crippen LogP contribution in [0.4, 0.5) is 4.39 Å². The van der Waals surface area contributed by atoms with Crippen LogP contribution < -0.4 is 9.54 Å². The first kappa shape index (κ1) is 16.9. The summed E-state index contributed by atoms with van der Waals surface area (Å²) in [4.78, 5) is 17.1. The number of terminal acetylenes is 1. The molecule has 0 unspecified atom stereocenters. The molecule has 126 valence electrons. The minimum absolute atomic E-state index is 0.251. The zero-order valence-electron chi connectivity index (χ0n) is 13.5. The number of rotatable bonds is 4. The maximum atomic E-state index is 13.4. The maximum absolute atomic E-state index is 13.4. The summed E-state index contributed by atoms with van der Waals surface area (Å²) in [5.74, 6) is 2.50. The summed E-state index contributed by atoms with van der Waals surface area (Å²) in [5, 5.41) is 0. The van der Waals surface area contributed by atoms with Crippen molar-refractivity contribution >= 4 is 27.5 Å². The molecule has 0 saturated carbocycles. The van der Waals surface area contributed by atoms with Crippen LogP contribution >= 0.6 is 11.3 Å². The van der Waals surface area contributed by atoms with Crippen molar-refractivity contribution in [3.63, 3.8) is 0 Å². The highest BCUT2D eigenvalue weighted by Gasteiger charge is 2.09. The van der Waals surface area contributed by atoms with Crippen molar-refractivity contribution in [3.8, 4) is 18.1 Å². The normalized spacial score (nSPS) is 11.5. The number of thiazole rings is 1. The number of hydrogen-bond acceptors (Lipinski definition) is 3. The number of ether oxygens (including phenoxy) is 1. The van der Waals surface area contributed by atoms with E-state index in [1.807, 2.05) is 6.92 Å². The molecule has 1 heterocycles. The average Bonchev–Trinajstić information content (AvgIpc) is 2.92. The number of carbonyl (C=O) groups is 1. The first-order valence-electron chi connectivity index (χ1n) is 7.66. The van der Waals surface area contributed by atoms with E-state index in [1.165, 1.54) is 23.5 Å². The molecule has 0 fully saturated rings. The molecule has 0 aliphatic rings. The van der Waals surface area contributed by atoms with E-state index in [9.17, 15) is 9.18 Å². The van der Waals surface area contributed by atoms with E-state index in [0.717, 1.165) is 5.52 Å². The van der Waals surface area contributed by atoms with E-state index in [1.54, 1.807) is 34.9 Å². The first-order chi connectivity index (χ1) is 12.1. The number of aromatic nitrogens is 1. The molecule has 25 heavy (non-hydrogen) atoms. The quantitative estimate of drug-likeness (QED) is 0.672. The van der Waals surface area contributed by atoms with Gasteiger partial charge in [-0.1, -0.05) is 17.3 Å². The molecule has 1 aromatic heterocycles. The number of carbonyl (C=O) groups excluding carboxylic acids is 1. The second-order valence-electron chi connectivity index (χ2n) is 5.16. The van der Waals surface area contributed by atoms with Crippen molar-refractivity contribution in [2.24, 2.45) is 4.99 Å². The van der Waals surface area contributed by atoms with Crippen molar-refractivity contribution in [1.82, 2.24) is 4.57 Å². The standard InChI is InChI=1S/C19H15FN2O2S/c1-3-11-22-16-10-7-14(20)12-17(16)25-19(22)21-18(23)13-5-8-15(9-6-13)24-4-2/h1,5-10,12H,4,11H2,2H3. The van der Waals surface area contributed by atoms with Gasteiger partial charge in [-0.25, -0.2) is 4.39 Å². The van der Waals surface area contributed by atoms with Crippen LogP contribution in [0, 0.1) is 18.2 Å². The fraction of sp³-hybridized carbons (Fsp3) is 0.158. The molecule has 2 aromatic carbocycles. The van der Waals surface area contributed by atoms with E-state index >= 15 is 0 Å². The first-order valence-corrected chi connectivity index (χ1v) is 8.48. The number of halogens is 1. The Hall–Kier alpha value is -2.91. The molecule has 0 saturated heterocycles. The lowest BCUT2D eigenvalue weighted by molar-refractivity contribution is 0.0998. The van der Waals surface area contributed by atoms with Gasteiger partial charge in [0.05, 0.1) is 23.4 Å². The summed E-state index contributed by atoms with van der Waals surface area (Å²) in [5.41, 5.74) is 1.20. The van der Waals surface area contributed by atoms with Gasteiger partial charge in [-0.15, -0.1) is 6.42 Å². The van der Waals surface area contributed by atoms with E-state index < -0.39 is 0 Å². The van der Waals surface area contributed by atoms with Crippen molar-refractivity contribution in [2.45, 2.75) is 13.5 Å². The highest BCUT2D eigenvalue weighted by Crippen LogP contribution is 2.19. The summed E-state index contributed by atoms with van der Waals surface area (Å²) < 4.78 is 21.2. The number of fused-ring (bicyclic) bond motifs is 1. The Morgan fingerprint density at radius 2 is 2.08 bits per heavy atom. The largest absolute Gasteiger partial charge is 0.494 e. The minimum atomic E-state index is -0.388. The molecular weight excluding hydrogens is 339 g/mol. The predicted octanol–water partition coefficient (Wildman–Crippen LogP) is 3.61. The van der Waals surface area contributed by atoms with E-state index in [2.05, 4.69) is 10.9 Å². The molecule has 0 radical (unpaired) electrons. The summed E-state index contributed by atoms with van der Waals surface area (Å²) in [6, 6.07) is 11.2. The second-order valence-corrected chi connectivity index (χ2v) is 6.17. The Balaban J connectivity index is 2.03. The smallest absolute Gasteiger partial charge is 0.279 e. The van der Waals surface area contributed by atoms with Crippen LogP contribution in [0.5, 0.6) is 5.75 Å². The third-order valence-corrected chi connectivity index (χ3v) is 4.54. The third-order valence-electron chi connectivity index (χ3n) is 3.50. The lowest BCUT2D eigenvalue weighted by Crippen LogP contribution is -2.16. The molecule has 0 N–H and O–H groups in total. The van der Waals surface area contributed by atoms with Gasteiger partial charge < -0.3 is 9.30 Å². The van der Waals surface area contributed by atoms with Crippen molar-refractivity contribution in [1.29, 1.82) is 0 Å². The highest BCUT2D eigenvalue weighted by molar-refractivity contribution is 7.16. The van der Waals surface area contributed by atoms with Crippen LogP contribution in [-0.4, -0.2) is 17.1 Å². The van der Waals surface area contributed by atoms with Gasteiger partial charge >= 0.3 is 0 Å². The Kier molecular flexibility index (Phi) is 4.96. The molecule has 0 bridgehead atoms. The lowest BCUT2D eigenvalue weighted by atomic mass is 10.2. The molecule has 0 aliphatic carbocycles. The van der Waals surface area contributed by atoms with Crippen LogP contribution in [0.25, 0.3) is 10.2 Å². The van der Waals surface area contributed by atoms with Gasteiger partial charge in [0, 0.05) is 5.56 Å². The van der Waals surface area contributed by atoms with Gasteiger partial charge in [0.25, 0.3) is 5.91 Å². The number of benzene rings is 2. The van der Waals surface area contributed by atoms with Crippen LogP contribution in [0.15, 0.2) is 47.5 Å². The van der Waals surface area contributed by atoms with Gasteiger partial charge in [-0.2, -0.15) is 4.99 Å². The molecule has 1 amide bonds. The zero-order chi connectivity index (χ0) is 17.8. The number of amides is 1. The van der Waals surface area contributed by atoms with Gasteiger partial charge in [0.2, 0.25) is 0 Å². The third kappa shape index (κ3) is 3.62. The Morgan fingerprint density at radius 3 is 2.76 bits per heavy atom. The van der Waals surface area contributed by atoms with E-state index in [4.69, 9.17) is 11.2 Å². The van der Waals surface area contributed by atoms with Crippen LogP contribution in [0.1, 0.15) is 17.3 Å². The molecule has 4 nitrogen and oxygen atoms in total. The van der Waals surface area contributed by atoms with Gasteiger partial charge in [0.15, 0.2) is 4.80 Å². The topological polar surface area (TPSA) is 43.6 Å². The molecule has 6 heteroatoms. The lowest BCUT2D eigenvalue weighted by Gasteiger charge is -2.02. The summed E-state index contributed by atoms with van der Waals surface area (Å²) in [6.45, 7) is 2.70. The van der Waals surface area contributed by atoms with E-state index in [0.29, 0.717) is 27.4 Å². The minimum Gasteiger partial charge on any atom is -0.494 e. The number of hydrogen-bond donors (Lipinski definition) is 0. The Bertz CT molecular complexity index is 1030. The molecule has 0 atom stereocenters. The Morgan fingerprint density at radius 1 is 1.32 bits per heavy atom. The monoisotopic (exact) mass is 354 g/mol. The zero-order valence-corrected chi connectivity index (χ0v) is 14.3. The Labute approximate surface area is 148 Å². The van der Waals surface area contributed by atoms with Gasteiger partial charge in [-0.3, -0.25) is 4.79 Å². The average molecular weight is 354 g/mol. The van der Waals surface area contributed by atoms with Crippen LogP contribution in [0.3, 0.4) is 0 Å². The molecule has 0 spiro atoms. The summed E-state index contributed by atoms with van der Waals surface area (Å²) in [6.07, 6.45) is 5.42. The fourth-order valence-corrected chi connectivity index (χ4v) is 3.44. The number of nitrogens with zero attached hydrogens (tertiary/aromatic N) is 2. The molecule has 0 aliphatic heterocycles. The van der Waals surface area contributed by atoms with Gasteiger partial charge in [0.1, 0.15) is 11.6 Å². The van der Waals surface area contributed by atoms with E-state index in [-0.39, 0.29) is 18.3 Å². The summed E-state index contributed by atoms with van der Waals surface area (Å²) >= 11 is 1.23. The highest BCUT2D eigenvalue weighted by atomic mass is 32.1. The maximum Gasteiger partial charge on any atom is 0.279 e. The van der Waals surface area contributed by atoms with Crippen LogP contribution in [0.2, 0.25) is 0 Å². The van der Waals surface area contributed by atoms with Crippen LogP contribution in [-0.2, 0) is 6.54 Å². The van der Waals surface area contributed by atoms with Crippen molar-refractivity contribution < 1.29 is 13.9 Å². The molecule has 3 rings (SSSR count). The predicted molar refractivity (Wildman–Crippen MR) is 96.1 cm³/mol. The fourth-order valence-electron chi connectivity index (χ4n) is 2.39. The second kappa shape index (κ2) is 7.32. The van der Waals surface area contributed by atoms with Crippen molar-refractivity contribution in [3.05, 3.63) is 58.6 Å². The SMILES string of the molecule is C#CCn1c(=NC(=O)c2ccc(OCC)cc2)sc2cc(F)ccc21. The van der Waals surface area contributed by atoms with Crippen molar-refractivity contribution in [2.75, 3.05) is 6.61 Å².